The van der Waals surface area contributed by atoms with E-state index in [0.29, 0.717) is 29.7 Å². The van der Waals surface area contributed by atoms with Crippen LogP contribution in [-0.4, -0.2) is 40.5 Å². The molecular formula is C25H23F4N5O3. The summed E-state index contributed by atoms with van der Waals surface area (Å²) in [6, 6.07) is 8.72. The average molecular weight is 517 g/mol. The third-order valence-corrected chi connectivity index (χ3v) is 5.83. The van der Waals surface area contributed by atoms with E-state index in [2.05, 4.69) is 25.9 Å². The molecule has 0 aliphatic carbocycles. The lowest BCUT2D eigenvalue weighted by Gasteiger charge is -2.27. The minimum Gasteiger partial charge on any atom is -0.378 e. The van der Waals surface area contributed by atoms with Crippen LogP contribution in [0.5, 0.6) is 0 Å². The maximum atomic E-state index is 13.3. The number of amides is 2. The van der Waals surface area contributed by atoms with Crippen molar-refractivity contribution in [2.75, 3.05) is 18.5 Å². The second-order valence-corrected chi connectivity index (χ2v) is 8.55. The summed E-state index contributed by atoms with van der Waals surface area (Å²) in [5.41, 5.74) is -1.44. The van der Waals surface area contributed by atoms with Crippen LogP contribution in [0.25, 0.3) is 0 Å². The molecule has 8 nitrogen and oxygen atoms in total. The summed E-state index contributed by atoms with van der Waals surface area (Å²) in [6.45, 7) is 2.09. The second kappa shape index (κ2) is 10.5. The third kappa shape index (κ3) is 6.20. The average Bonchev–Trinajstić information content (AvgIpc) is 3.34. The molecular weight excluding hydrogens is 494 g/mol. The lowest BCUT2D eigenvalue weighted by atomic mass is 9.96. The molecule has 3 N–H and O–H groups in total. The van der Waals surface area contributed by atoms with Gasteiger partial charge in [-0.15, -0.1) is 0 Å². The molecule has 0 radical (unpaired) electrons. The normalized spacial score (nSPS) is 17.3. The van der Waals surface area contributed by atoms with E-state index in [1.165, 1.54) is 12.4 Å². The van der Waals surface area contributed by atoms with Gasteiger partial charge in [-0.3, -0.25) is 9.59 Å². The third-order valence-electron chi connectivity index (χ3n) is 5.83. The standard InChI is InChI=1S/C25H23F4N5O3/c1-15-30-12-17(13-31-15)22(35)34-24(8-9-37-14-24)23(36)32-11-16-2-5-19(6-3-16)33-21-7-4-18(26)10-20(21)25(27,28)29/h2-7,10,12-13,33H,8-9,11,14H2,1H3,(H,32,36)(H,34,35). The number of aromatic nitrogens is 2. The Kier molecular flexibility index (Phi) is 7.39. The zero-order valence-corrected chi connectivity index (χ0v) is 19.7. The maximum absolute atomic E-state index is 13.3. The van der Waals surface area contributed by atoms with E-state index in [1.54, 1.807) is 31.2 Å². The molecule has 2 aromatic carbocycles. The number of rotatable bonds is 7. The highest BCUT2D eigenvalue weighted by Gasteiger charge is 2.43. The molecule has 3 aromatic rings. The number of alkyl halides is 3. The van der Waals surface area contributed by atoms with Gasteiger partial charge in [-0.1, -0.05) is 12.1 Å². The zero-order valence-electron chi connectivity index (χ0n) is 19.7. The highest BCUT2D eigenvalue weighted by atomic mass is 19.4. The number of aryl methyl sites for hydroxylation is 1. The van der Waals surface area contributed by atoms with Gasteiger partial charge in [0.25, 0.3) is 5.91 Å². The molecule has 1 aliphatic rings. The number of nitrogens with one attached hydrogen (secondary N) is 3. The largest absolute Gasteiger partial charge is 0.418 e. The number of carbonyl (C=O) groups is 2. The van der Waals surface area contributed by atoms with Gasteiger partial charge < -0.3 is 20.7 Å². The lowest BCUT2D eigenvalue weighted by Crippen LogP contribution is -2.59. The quantitative estimate of drug-likeness (QED) is 0.411. The number of nitrogens with zero attached hydrogens (tertiary/aromatic N) is 2. The topological polar surface area (TPSA) is 105 Å². The number of benzene rings is 2. The van der Waals surface area contributed by atoms with E-state index in [0.717, 1.165) is 12.1 Å². The molecule has 2 amide bonds. The molecule has 0 spiro atoms. The molecule has 37 heavy (non-hydrogen) atoms. The molecule has 0 saturated carbocycles. The number of anilines is 2. The first-order chi connectivity index (χ1) is 17.6. The highest BCUT2D eigenvalue weighted by Crippen LogP contribution is 2.36. The van der Waals surface area contributed by atoms with Gasteiger partial charge in [0.1, 0.15) is 17.2 Å². The van der Waals surface area contributed by atoms with Gasteiger partial charge in [0.05, 0.1) is 23.4 Å². The van der Waals surface area contributed by atoms with Crippen molar-refractivity contribution in [3.8, 4) is 0 Å². The lowest BCUT2D eigenvalue weighted by molar-refractivity contribution is -0.137. The zero-order chi connectivity index (χ0) is 26.6. The number of ether oxygens (including phenoxy) is 1. The monoisotopic (exact) mass is 517 g/mol. The first kappa shape index (κ1) is 26.0. The van der Waals surface area contributed by atoms with Gasteiger partial charge >= 0.3 is 6.18 Å². The Morgan fingerprint density at radius 1 is 1.08 bits per heavy atom. The van der Waals surface area contributed by atoms with Crippen molar-refractivity contribution in [1.29, 1.82) is 0 Å². The summed E-state index contributed by atoms with van der Waals surface area (Å²) in [6.07, 6.45) is -1.70. The van der Waals surface area contributed by atoms with Crippen LogP contribution in [0.15, 0.2) is 54.9 Å². The number of halogens is 4. The molecule has 1 aliphatic heterocycles. The summed E-state index contributed by atoms with van der Waals surface area (Å²) in [7, 11) is 0. The van der Waals surface area contributed by atoms with Crippen LogP contribution >= 0.6 is 0 Å². The number of hydrogen-bond donors (Lipinski definition) is 3. The second-order valence-electron chi connectivity index (χ2n) is 8.55. The highest BCUT2D eigenvalue weighted by molar-refractivity contribution is 5.99. The van der Waals surface area contributed by atoms with Crippen molar-refractivity contribution >= 4 is 23.2 Å². The maximum Gasteiger partial charge on any atom is 0.418 e. The molecule has 4 rings (SSSR count). The van der Waals surface area contributed by atoms with E-state index >= 15 is 0 Å². The molecule has 1 saturated heterocycles. The van der Waals surface area contributed by atoms with E-state index in [9.17, 15) is 27.2 Å². The van der Waals surface area contributed by atoms with Crippen LogP contribution in [-0.2, 0) is 22.3 Å². The summed E-state index contributed by atoms with van der Waals surface area (Å²) >= 11 is 0. The first-order valence-electron chi connectivity index (χ1n) is 11.3. The number of carbonyl (C=O) groups excluding carboxylic acids is 2. The Balaban J connectivity index is 1.39. The van der Waals surface area contributed by atoms with Crippen molar-refractivity contribution in [1.82, 2.24) is 20.6 Å². The van der Waals surface area contributed by atoms with Crippen LogP contribution in [0.3, 0.4) is 0 Å². The van der Waals surface area contributed by atoms with Crippen LogP contribution in [0.4, 0.5) is 28.9 Å². The molecule has 0 bridgehead atoms. The minimum atomic E-state index is -4.73. The Morgan fingerprint density at radius 3 is 2.41 bits per heavy atom. The Bertz CT molecular complexity index is 1270. The molecule has 1 atom stereocenters. The van der Waals surface area contributed by atoms with Gasteiger partial charge in [-0.05, 0) is 42.8 Å². The molecule has 1 aromatic heterocycles. The molecule has 1 fully saturated rings. The van der Waals surface area contributed by atoms with Crippen molar-refractivity contribution in [2.45, 2.75) is 31.6 Å². The SMILES string of the molecule is Cc1ncc(C(=O)NC2(C(=O)NCc3ccc(Nc4ccc(F)cc4C(F)(F)F)cc3)CCOC2)cn1. The van der Waals surface area contributed by atoms with Gasteiger partial charge in [0, 0.05) is 37.7 Å². The van der Waals surface area contributed by atoms with Crippen molar-refractivity contribution in [3.63, 3.8) is 0 Å². The van der Waals surface area contributed by atoms with E-state index < -0.39 is 34.9 Å². The Hall–Kier alpha value is -4.06. The van der Waals surface area contributed by atoms with Gasteiger partial charge in [-0.2, -0.15) is 13.2 Å². The minimum absolute atomic E-state index is 0.000637. The van der Waals surface area contributed by atoms with Crippen molar-refractivity contribution < 1.29 is 31.9 Å². The fourth-order valence-corrected chi connectivity index (χ4v) is 3.77. The van der Waals surface area contributed by atoms with Crippen molar-refractivity contribution in [2.24, 2.45) is 0 Å². The first-order valence-corrected chi connectivity index (χ1v) is 11.3. The summed E-state index contributed by atoms with van der Waals surface area (Å²) in [5, 5.41) is 8.16. The van der Waals surface area contributed by atoms with Gasteiger partial charge in [0.2, 0.25) is 5.91 Å². The van der Waals surface area contributed by atoms with Gasteiger partial charge in [0.15, 0.2) is 0 Å². The summed E-state index contributed by atoms with van der Waals surface area (Å²) in [5.74, 6) is -1.42. The Morgan fingerprint density at radius 2 is 1.78 bits per heavy atom. The summed E-state index contributed by atoms with van der Waals surface area (Å²) < 4.78 is 58.4. The molecule has 1 unspecified atom stereocenters. The van der Waals surface area contributed by atoms with Gasteiger partial charge in [-0.25, -0.2) is 14.4 Å². The molecule has 194 valence electrons. The van der Waals surface area contributed by atoms with Crippen LogP contribution in [0, 0.1) is 12.7 Å². The smallest absolute Gasteiger partial charge is 0.378 e. The van der Waals surface area contributed by atoms with Crippen molar-refractivity contribution in [3.05, 3.63) is 83.2 Å². The molecule has 12 heteroatoms. The predicted molar refractivity (Wildman–Crippen MR) is 125 cm³/mol. The van der Waals surface area contributed by atoms with E-state index in [1.807, 2.05) is 0 Å². The van der Waals surface area contributed by atoms with Crippen LogP contribution < -0.4 is 16.0 Å². The van der Waals surface area contributed by atoms with Crippen LogP contribution in [0.2, 0.25) is 0 Å². The predicted octanol–water partition coefficient (Wildman–Crippen LogP) is 3.89. The van der Waals surface area contributed by atoms with E-state index in [-0.39, 0.29) is 30.8 Å². The molecule has 2 heterocycles. The van der Waals surface area contributed by atoms with Crippen LogP contribution in [0.1, 0.15) is 33.7 Å². The summed E-state index contributed by atoms with van der Waals surface area (Å²) in [4.78, 5) is 33.7. The fraction of sp³-hybridized carbons (Fsp3) is 0.280. The Labute approximate surface area is 209 Å². The fourth-order valence-electron chi connectivity index (χ4n) is 3.77. The van der Waals surface area contributed by atoms with E-state index in [4.69, 9.17) is 4.74 Å². The number of hydrogen-bond acceptors (Lipinski definition) is 6.